The number of rotatable bonds is 5. The van der Waals surface area contributed by atoms with Crippen LogP contribution in [-0.2, 0) is 0 Å². The van der Waals surface area contributed by atoms with E-state index in [0.717, 1.165) is 24.6 Å². The lowest BCUT2D eigenvalue weighted by Gasteiger charge is -2.21. The highest BCUT2D eigenvalue weighted by molar-refractivity contribution is 5.49. The fourth-order valence-electron chi connectivity index (χ4n) is 1.71. The summed E-state index contributed by atoms with van der Waals surface area (Å²) in [6.07, 6.45) is 3.80. The van der Waals surface area contributed by atoms with Crippen molar-refractivity contribution in [3.8, 4) is 0 Å². The highest BCUT2D eigenvalue weighted by atomic mass is 15.2. The molecule has 0 saturated carbocycles. The van der Waals surface area contributed by atoms with Crippen molar-refractivity contribution in [1.29, 1.82) is 0 Å². The molecule has 0 aromatic carbocycles. The molecule has 2 heterocycles. The molecule has 2 rings (SSSR count). The van der Waals surface area contributed by atoms with Crippen LogP contribution in [0.15, 0.2) is 30.6 Å². The van der Waals surface area contributed by atoms with Gasteiger partial charge in [-0.25, -0.2) is 4.98 Å². The monoisotopic (exact) mass is 232 g/mol. The van der Waals surface area contributed by atoms with Crippen molar-refractivity contribution in [3.63, 3.8) is 0 Å². The fourth-order valence-corrected chi connectivity index (χ4v) is 1.71. The Bertz CT molecular complexity index is 475. The van der Waals surface area contributed by atoms with Crippen LogP contribution in [0.3, 0.4) is 0 Å². The molecule has 0 unspecified atom stereocenters. The standard InChI is InChI=1S/C13H20N4/c1-11(2)16(3)9-7-14-12-5-4-6-13-15-8-10-17(12)13/h4-6,8,10-11,14H,7,9H2,1-3H3. The summed E-state index contributed by atoms with van der Waals surface area (Å²) in [5, 5.41) is 3.44. The van der Waals surface area contributed by atoms with Crippen molar-refractivity contribution in [2.24, 2.45) is 0 Å². The van der Waals surface area contributed by atoms with Gasteiger partial charge in [-0.05, 0) is 33.0 Å². The first-order chi connectivity index (χ1) is 8.18. The van der Waals surface area contributed by atoms with E-state index in [1.54, 1.807) is 0 Å². The van der Waals surface area contributed by atoms with E-state index in [9.17, 15) is 0 Å². The normalized spacial score (nSPS) is 11.6. The molecule has 0 saturated heterocycles. The summed E-state index contributed by atoms with van der Waals surface area (Å²) in [6.45, 7) is 6.38. The molecule has 0 bridgehead atoms. The van der Waals surface area contributed by atoms with Gasteiger partial charge in [-0.15, -0.1) is 0 Å². The number of hydrogen-bond acceptors (Lipinski definition) is 3. The molecule has 4 nitrogen and oxygen atoms in total. The summed E-state index contributed by atoms with van der Waals surface area (Å²) in [6, 6.07) is 6.69. The Kier molecular flexibility index (Phi) is 3.64. The minimum absolute atomic E-state index is 0.584. The van der Waals surface area contributed by atoms with Gasteiger partial charge in [-0.3, -0.25) is 4.40 Å². The average molecular weight is 232 g/mol. The number of hydrogen-bond donors (Lipinski definition) is 1. The molecular formula is C13H20N4. The minimum Gasteiger partial charge on any atom is -0.370 e. The lowest BCUT2D eigenvalue weighted by molar-refractivity contribution is 0.284. The maximum atomic E-state index is 4.26. The highest BCUT2D eigenvalue weighted by Gasteiger charge is 2.03. The summed E-state index contributed by atoms with van der Waals surface area (Å²) < 4.78 is 2.06. The molecule has 1 N–H and O–H groups in total. The Morgan fingerprint density at radius 2 is 2.24 bits per heavy atom. The van der Waals surface area contributed by atoms with Crippen LogP contribution in [-0.4, -0.2) is 40.5 Å². The molecule has 2 aromatic heterocycles. The largest absolute Gasteiger partial charge is 0.370 e. The predicted octanol–water partition coefficient (Wildman–Crippen LogP) is 2.09. The van der Waals surface area contributed by atoms with Gasteiger partial charge in [0.1, 0.15) is 11.5 Å². The smallest absolute Gasteiger partial charge is 0.138 e. The molecule has 0 aliphatic rings. The van der Waals surface area contributed by atoms with Crippen molar-refractivity contribution in [3.05, 3.63) is 30.6 Å². The summed E-state index contributed by atoms with van der Waals surface area (Å²) in [5.41, 5.74) is 0.979. The van der Waals surface area contributed by atoms with Gasteiger partial charge in [0.15, 0.2) is 0 Å². The molecule has 0 atom stereocenters. The van der Waals surface area contributed by atoms with E-state index in [2.05, 4.69) is 46.6 Å². The Morgan fingerprint density at radius 1 is 1.41 bits per heavy atom. The van der Waals surface area contributed by atoms with Gasteiger partial charge in [-0.2, -0.15) is 0 Å². The van der Waals surface area contributed by atoms with E-state index in [1.807, 2.05) is 24.5 Å². The van der Waals surface area contributed by atoms with Gasteiger partial charge in [0.2, 0.25) is 0 Å². The van der Waals surface area contributed by atoms with E-state index in [1.165, 1.54) is 0 Å². The number of anilines is 1. The third-order valence-corrected chi connectivity index (χ3v) is 3.08. The Morgan fingerprint density at radius 3 is 3.00 bits per heavy atom. The number of aromatic nitrogens is 2. The number of nitrogens with one attached hydrogen (secondary N) is 1. The van der Waals surface area contributed by atoms with Gasteiger partial charge in [0, 0.05) is 31.5 Å². The van der Waals surface area contributed by atoms with E-state index >= 15 is 0 Å². The average Bonchev–Trinajstić information content (AvgIpc) is 2.77. The van der Waals surface area contributed by atoms with Crippen molar-refractivity contribution in [2.75, 3.05) is 25.5 Å². The van der Waals surface area contributed by atoms with E-state index in [4.69, 9.17) is 0 Å². The van der Waals surface area contributed by atoms with Crippen LogP contribution in [0.2, 0.25) is 0 Å². The molecule has 2 aromatic rings. The second kappa shape index (κ2) is 5.19. The maximum absolute atomic E-state index is 4.26. The lowest BCUT2D eigenvalue weighted by Crippen LogP contribution is -2.31. The fraction of sp³-hybridized carbons (Fsp3) is 0.462. The number of fused-ring (bicyclic) bond motifs is 1. The topological polar surface area (TPSA) is 32.6 Å². The van der Waals surface area contributed by atoms with Crippen LogP contribution in [0.4, 0.5) is 5.82 Å². The zero-order valence-electron chi connectivity index (χ0n) is 10.7. The van der Waals surface area contributed by atoms with Crippen molar-refractivity contribution in [2.45, 2.75) is 19.9 Å². The third kappa shape index (κ3) is 2.77. The van der Waals surface area contributed by atoms with Gasteiger partial charge < -0.3 is 10.2 Å². The summed E-state index contributed by atoms with van der Waals surface area (Å²) in [5.74, 6) is 1.09. The SMILES string of the molecule is CC(C)N(C)CCNc1cccc2nccn12. The number of pyridine rings is 1. The van der Waals surface area contributed by atoms with E-state index in [0.29, 0.717) is 6.04 Å². The van der Waals surface area contributed by atoms with E-state index < -0.39 is 0 Å². The minimum atomic E-state index is 0.584. The molecule has 92 valence electrons. The van der Waals surface area contributed by atoms with Crippen LogP contribution in [0.1, 0.15) is 13.8 Å². The molecule has 0 fully saturated rings. The Hall–Kier alpha value is -1.55. The first kappa shape index (κ1) is 11.9. The quantitative estimate of drug-likeness (QED) is 0.856. The van der Waals surface area contributed by atoms with Gasteiger partial charge in [0.25, 0.3) is 0 Å². The third-order valence-electron chi connectivity index (χ3n) is 3.08. The zero-order valence-corrected chi connectivity index (χ0v) is 10.7. The zero-order chi connectivity index (χ0) is 12.3. The van der Waals surface area contributed by atoms with Crippen LogP contribution in [0, 0.1) is 0 Å². The van der Waals surface area contributed by atoms with Crippen LogP contribution < -0.4 is 5.32 Å². The van der Waals surface area contributed by atoms with Crippen LogP contribution >= 0.6 is 0 Å². The summed E-state index contributed by atoms with van der Waals surface area (Å²) in [4.78, 5) is 6.58. The number of nitrogens with zero attached hydrogens (tertiary/aromatic N) is 3. The summed E-state index contributed by atoms with van der Waals surface area (Å²) >= 11 is 0. The molecular weight excluding hydrogens is 212 g/mol. The maximum Gasteiger partial charge on any atom is 0.138 e. The molecule has 0 amide bonds. The van der Waals surface area contributed by atoms with Crippen LogP contribution in [0.5, 0.6) is 0 Å². The molecule has 0 spiro atoms. The molecule has 17 heavy (non-hydrogen) atoms. The van der Waals surface area contributed by atoms with Gasteiger partial charge in [0.05, 0.1) is 0 Å². The van der Waals surface area contributed by atoms with Crippen LogP contribution in [0.25, 0.3) is 5.65 Å². The first-order valence-electron chi connectivity index (χ1n) is 6.04. The van der Waals surface area contributed by atoms with Gasteiger partial charge >= 0.3 is 0 Å². The van der Waals surface area contributed by atoms with Crippen molar-refractivity contribution in [1.82, 2.24) is 14.3 Å². The molecule has 0 radical (unpaired) electrons. The number of likely N-dealkylation sites (N-methyl/N-ethyl adjacent to an activating group) is 1. The lowest BCUT2D eigenvalue weighted by atomic mass is 10.3. The Balaban J connectivity index is 1.97. The van der Waals surface area contributed by atoms with Crippen molar-refractivity contribution >= 4 is 11.5 Å². The highest BCUT2D eigenvalue weighted by Crippen LogP contribution is 2.10. The Labute approximate surface area is 102 Å². The molecule has 4 heteroatoms. The summed E-state index contributed by atoms with van der Waals surface area (Å²) in [7, 11) is 2.14. The predicted molar refractivity (Wildman–Crippen MR) is 71.4 cm³/mol. The van der Waals surface area contributed by atoms with Crippen molar-refractivity contribution < 1.29 is 0 Å². The van der Waals surface area contributed by atoms with E-state index in [-0.39, 0.29) is 0 Å². The second-order valence-corrected chi connectivity index (χ2v) is 4.57. The molecule has 0 aliphatic heterocycles. The van der Waals surface area contributed by atoms with Gasteiger partial charge in [-0.1, -0.05) is 6.07 Å². The second-order valence-electron chi connectivity index (χ2n) is 4.57. The number of imidazole rings is 1. The first-order valence-corrected chi connectivity index (χ1v) is 6.04. The molecule has 0 aliphatic carbocycles.